The van der Waals surface area contributed by atoms with E-state index in [-0.39, 0.29) is 0 Å². The molecule has 0 saturated heterocycles. The van der Waals surface area contributed by atoms with Crippen molar-refractivity contribution in [1.29, 1.82) is 0 Å². The van der Waals surface area contributed by atoms with Crippen LogP contribution < -0.4 is 10.6 Å². The van der Waals surface area contributed by atoms with E-state index in [1.807, 2.05) is 6.20 Å². The van der Waals surface area contributed by atoms with Crippen LogP contribution in [0.4, 0.5) is 11.5 Å². The maximum atomic E-state index is 6.18. The second-order valence-corrected chi connectivity index (χ2v) is 7.85. The first-order valence-corrected chi connectivity index (χ1v) is 9.64. The Morgan fingerprint density at radius 3 is 2.46 bits per heavy atom. The molecule has 0 aliphatic carbocycles. The van der Waals surface area contributed by atoms with Crippen molar-refractivity contribution >= 4 is 33.3 Å². The summed E-state index contributed by atoms with van der Waals surface area (Å²) in [4.78, 5) is 11.3. The van der Waals surface area contributed by atoms with Gasteiger partial charge >= 0.3 is 0 Å². The first-order chi connectivity index (χ1) is 13.4. The Morgan fingerprint density at radius 1 is 1.00 bits per heavy atom. The number of anilines is 2. The standard InChI is InChI=1S/C24H26N4/c1-15-5-10-20-21-13-18(14-26-23(21)24(25)27-22(20)11-15)16(2)12-17-6-8-19(9-7-17)28(3)4/h5-11,13-14,16H,12H2,1-4H3,(H2,25,27). The summed E-state index contributed by atoms with van der Waals surface area (Å²) in [5.41, 5.74) is 12.8. The molecule has 4 heteroatoms. The van der Waals surface area contributed by atoms with Gasteiger partial charge in [0, 0.05) is 36.8 Å². The number of pyridine rings is 2. The lowest BCUT2D eigenvalue weighted by molar-refractivity contribution is 0.756. The number of hydrogen-bond donors (Lipinski definition) is 1. The van der Waals surface area contributed by atoms with Gasteiger partial charge in [-0.3, -0.25) is 4.98 Å². The highest BCUT2D eigenvalue weighted by atomic mass is 15.1. The molecule has 0 amide bonds. The highest BCUT2D eigenvalue weighted by Gasteiger charge is 2.13. The van der Waals surface area contributed by atoms with E-state index < -0.39 is 0 Å². The van der Waals surface area contributed by atoms with Gasteiger partial charge in [-0.25, -0.2) is 4.98 Å². The predicted octanol–water partition coefficient (Wildman–Crippen LogP) is 5.09. The Balaban J connectivity index is 1.71. The molecule has 1 unspecified atom stereocenters. The van der Waals surface area contributed by atoms with Crippen molar-refractivity contribution in [3.63, 3.8) is 0 Å². The van der Waals surface area contributed by atoms with Crippen molar-refractivity contribution in [1.82, 2.24) is 9.97 Å². The smallest absolute Gasteiger partial charge is 0.150 e. The van der Waals surface area contributed by atoms with E-state index in [4.69, 9.17) is 5.73 Å². The topological polar surface area (TPSA) is 55.0 Å². The molecule has 0 fully saturated rings. The lowest BCUT2D eigenvalue weighted by atomic mass is 9.93. The molecule has 4 aromatic rings. The summed E-state index contributed by atoms with van der Waals surface area (Å²) in [6.07, 6.45) is 2.91. The van der Waals surface area contributed by atoms with Crippen LogP contribution in [-0.2, 0) is 6.42 Å². The Hall–Kier alpha value is -3.14. The van der Waals surface area contributed by atoms with Crippen LogP contribution >= 0.6 is 0 Å². The number of nitrogen functional groups attached to an aromatic ring is 1. The van der Waals surface area contributed by atoms with Crippen molar-refractivity contribution < 1.29 is 0 Å². The van der Waals surface area contributed by atoms with Gasteiger partial charge in [0.1, 0.15) is 5.52 Å². The normalized spacial score (nSPS) is 12.4. The van der Waals surface area contributed by atoms with Crippen LogP contribution in [0.1, 0.15) is 29.5 Å². The van der Waals surface area contributed by atoms with Gasteiger partial charge in [-0.15, -0.1) is 0 Å². The quantitative estimate of drug-likeness (QED) is 0.509. The van der Waals surface area contributed by atoms with E-state index >= 15 is 0 Å². The number of rotatable bonds is 4. The first-order valence-electron chi connectivity index (χ1n) is 9.64. The van der Waals surface area contributed by atoms with E-state index in [0.717, 1.165) is 28.2 Å². The highest BCUT2D eigenvalue weighted by molar-refractivity contribution is 6.08. The summed E-state index contributed by atoms with van der Waals surface area (Å²) in [6, 6.07) is 17.3. The summed E-state index contributed by atoms with van der Waals surface area (Å²) in [5.74, 6) is 0.851. The van der Waals surface area contributed by atoms with Crippen LogP contribution in [0.25, 0.3) is 21.8 Å². The average molecular weight is 371 g/mol. The second kappa shape index (κ2) is 7.12. The van der Waals surface area contributed by atoms with Crippen molar-refractivity contribution in [2.45, 2.75) is 26.2 Å². The predicted molar refractivity (Wildman–Crippen MR) is 119 cm³/mol. The second-order valence-electron chi connectivity index (χ2n) is 7.85. The van der Waals surface area contributed by atoms with Crippen LogP contribution in [0.5, 0.6) is 0 Å². The third-order valence-corrected chi connectivity index (χ3v) is 5.40. The minimum atomic E-state index is 0.358. The number of aromatic nitrogens is 2. The zero-order chi connectivity index (χ0) is 19.8. The largest absolute Gasteiger partial charge is 0.382 e. The molecule has 4 rings (SSSR count). The molecule has 142 valence electrons. The van der Waals surface area contributed by atoms with Crippen LogP contribution in [0.2, 0.25) is 0 Å². The minimum absolute atomic E-state index is 0.358. The molecular formula is C24H26N4. The number of aryl methyl sites for hydroxylation is 1. The molecule has 4 nitrogen and oxygen atoms in total. The fourth-order valence-corrected chi connectivity index (χ4v) is 3.71. The summed E-state index contributed by atoms with van der Waals surface area (Å²) in [7, 11) is 4.12. The number of hydrogen-bond acceptors (Lipinski definition) is 4. The van der Waals surface area contributed by atoms with Gasteiger partial charge in [0.25, 0.3) is 0 Å². The SMILES string of the molecule is Cc1ccc2c(c1)nc(N)c1ncc(C(C)Cc3ccc(N(C)C)cc3)cc12. The van der Waals surface area contributed by atoms with Crippen molar-refractivity contribution in [2.75, 3.05) is 24.7 Å². The molecule has 0 spiro atoms. The van der Waals surface area contributed by atoms with E-state index in [1.54, 1.807) is 0 Å². The summed E-state index contributed by atoms with van der Waals surface area (Å²) in [5, 5.41) is 2.18. The third kappa shape index (κ3) is 3.38. The summed E-state index contributed by atoms with van der Waals surface area (Å²) >= 11 is 0. The molecule has 28 heavy (non-hydrogen) atoms. The maximum Gasteiger partial charge on any atom is 0.150 e. The van der Waals surface area contributed by atoms with Gasteiger partial charge in [-0.1, -0.05) is 31.2 Å². The van der Waals surface area contributed by atoms with Crippen molar-refractivity contribution in [3.05, 3.63) is 71.4 Å². The molecule has 0 aliphatic rings. The van der Waals surface area contributed by atoms with Crippen molar-refractivity contribution in [2.24, 2.45) is 0 Å². The van der Waals surface area contributed by atoms with Gasteiger partial charge in [0.05, 0.1) is 5.52 Å². The van der Waals surface area contributed by atoms with Gasteiger partial charge in [-0.05, 0) is 60.2 Å². The molecule has 0 radical (unpaired) electrons. The molecule has 2 aromatic carbocycles. The Kier molecular flexibility index (Phi) is 4.63. The Labute approximate surface area is 166 Å². The van der Waals surface area contributed by atoms with Crippen molar-refractivity contribution in [3.8, 4) is 0 Å². The molecular weight excluding hydrogens is 344 g/mol. The number of nitrogens with zero attached hydrogens (tertiary/aromatic N) is 3. The summed E-state index contributed by atoms with van der Waals surface area (Å²) in [6.45, 7) is 4.32. The highest BCUT2D eigenvalue weighted by Crippen LogP contribution is 2.30. The zero-order valence-corrected chi connectivity index (χ0v) is 16.9. The lowest BCUT2D eigenvalue weighted by Crippen LogP contribution is -2.08. The molecule has 0 saturated carbocycles. The molecule has 2 aromatic heterocycles. The van der Waals surface area contributed by atoms with Crippen LogP contribution in [0, 0.1) is 6.92 Å². The minimum Gasteiger partial charge on any atom is -0.382 e. The van der Waals surface area contributed by atoms with Gasteiger partial charge in [0.15, 0.2) is 5.82 Å². The fraction of sp³-hybridized carbons (Fsp3) is 0.250. The molecule has 0 aliphatic heterocycles. The number of fused-ring (bicyclic) bond motifs is 3. The van der Waals surface area contributed by atoms with E-state index in [2.05, 4.69) is 91.3 Å². The van der Waals surface area contributed by atoms with Gasteiger partial charge < -0.3 is 10.6 Å². The molecule has 1 atom stereocenters. The monoisotopic (exact) mass is 370 g/mol. The fourth-order valence-electron chi connectivity index (χ4n) is 3.71. The van der Waals surface area contributed by atoms with E-state index in [0.29, 0.717) is 11.7 Å². The van der Waals surface area contributed by atoms with E-state index in [1.165, 1.54) is 22.4 Å². The van der Waals surface area contributed by atoms with Gasteiger partial charge in [-0.2, -0.15) is 0 Å². The summed E-state index contributed by atoms with van der Waals surface area (Å²) < 4.78 is 0. The third-order valence-electron chi connectivity index (χ3n) is 5.40. The van der Waals surface area contributed by atoms with E-state index in [9.17, 15) is 0 Å². The Morgan fingerprint density at radius 2 is 1.75 bits per heavy atom. The van der Waals surface area contributed by atoms with Crippen LogP contribution in [0.3, 0.4) is 0 Å². The van der Waals surface area contributed by atoms with Crippen LogP contribution in [0.15, 0.2) is 54.7 Å². The Bertz CT molecular complexity index is 1150. The molecule has 2 heterocycles. The van der Waals surface area contributed by atoms with Crippen LogP contribution in [-0.4, -0.2) is 24.1 Å². The maximum absolute atomic E-state index is 6.18. The zero-order valence-electron chi connectivity index (χ0n) is 16.9. The molecule has 2 N–H and O–H groups in total. The van der Waals surface area contributed by atoms with Gasteiger partial charge in [0.2, 0.25) is 0 Å². The lowest BCUT2D eigenvalue weighted by Gasteiger charge is -2.16. The number of nitrogens with two attached hydrogens (primary N) is 1. The average Bonchev–Trinajstić information content (AvgIpc) is 2.68. The first kappa shape index (κ1) is 18.2. The number of benzene rings is 2. The molecule has 0 bridgehead atoms.